The molecule has 1 heterocycles. The topological polar surface area (TPSA) is 79.5 Å². The smallest absolute Gasteiger partial charge is 0.308 e. The zero-order chi connectivity index (χ0) is 14.9. The number of aliphatic hydroxyl groups is 1. The van der Waals surface area contributed by atoms with Crippen molar-refractivity contribution in [3.63, 3.8) is 0 Å². The minimum absolute atomic E-state index is 0.115. The minimum Gasteiger partial charge on any atom is -0.481 e. The Kier molecular flexibility index (Phi) is 3.85. The molecule has 0 saturated heterocycles. The van der Waals surface area contributed by atoms with Crippen molar-refractivity contribution in [2.24, 2.45) is 0 Å². The van der Waals surface area contributed by atoms with Gasteiger partial charge in [0.25, 0.3) is 0 Å². The molecule has 0 aliphatic rings. The van der Waals surface area contributed by atoms with Crippen LogP contribution in [0.4, 0.5) is 4.39 Å². The molecule has 1 aromatic heterocycles. The number of carboxylic acids is 1. The first-order valence-electron chi connectivity index (χ1n) is 6.10. The highest BCUT2D eigenvalue weighted by molar-refractivity contribution is 5.82. The van der Waals surface area contributed by atoms with Gasteiger partial charge in [-0.25, -0.2) is 4.39 Å². The van der Waals surface area contributed by atoms with Gasteiger partial charge in [0.1, 0.15) is 5.82 Å². The second-order valence-corrected chi connectivity index (χ2v) is 4.50. The first-order chi connectivity index (χ1) is 9.45. The van der Waals surface area contributed by atoms with Gasteiger partial charge in [-0.15, -0.1) is 0 Å². The summed E-state index contributed by atoms with van der Waals surface area (Å²) < 4.78 is 14.9. The summed E-state index contributed by atoms with van der Waals surface area (Å²) in [4.78, 5) is 23.2. The molecule has 106 valence electrons. The van der Waals surface area contributed by atoms with Crippen molar-refractivity contribution in [1.29, 1.82) is 0 Å². The molecule has 0 fully saturated rings. The Labute approximate surface area is 113 Å². The van der Waals surface area contributed by atoms with Gasteiger partial charge >= 0.3 is 5.97 Å². The van der Waals surface area contributed by atoms with Crippen LogP contribution in [-0.4, -0.2) is 27.4 Å². The van der Waals surface area contributed by atoms with Crippen molar-refractivity contribution in [3.8, 4) is 0 Å². The summed E-state index contributed by atoms with van der Waals surface area (Å²) in [6, 6.07) is 3.78. The van der Waals surface area contributed by atoms with Crippen LogP contribution in [0.15, 0.2) is 23.0 Å². The van der Waals surface area contributed by atoms with Crippen LogP contribution < -0.4 is 5.43 Å². The van der Waals surface area contributed by atoms with Crippen molar-refractivity contribution in [3.05, 3.63) is 45.5 Å². The molecule has 0 saturated carbocycles. The Morgan fingerprint density at radius 3 is 2.70 bits per heavy atom. The fourth-order valence-corrected chi connectivity index (χ4v) is 2.34. The molecule has 0 spiro atoms. The third kappa shape index (κ3) is 2.42. The number of rotatable bonds is 4. The number of halogens is 1. The van der Waals surface area contributed by atoms with Gasteiger partial charge < -0.3 is 14.8 Å². The van der Waals surface area contributed by atoms with Gasteiger partial charge in [0, 0.05) is 23.2 Å². The summed E-state index contributed by atoms with van der Waals surface area (Å²) in [5, 5.41) is 18.1. The van der Waals surface area contributed by atoms with E-state index in [1.165, 1.54) is 12.1 Å². The maximum absolute atomic E-state index is 13.3. The number of carbonyl (C=O) groups is 1. The van der Waals surface area contributed by atoms with Gasteiger partial charge in [-0.05, 0) is 25.1 Å². The second kappa shape index (κ2) is 5.42. The predicted molar refractivity (Wildman–Crippen MR) is 71.3 cm³/mol. The summed E-state index contributed by atoms with van der Waals surface area (Å²) >= 11 is 0. The summed E-state index contributed by atoms with van der Waals surface area (Å²) in [7, 11) is 0. The minimum atomic E-state index is -1.13. The van der Waals surface area contributed by atoms with E-state index in [0.717, 1.165) is 6.07 Å². The van der Waals surface area contributed by atoms with Crippen LogP contribution in [0.2, 0.25) is 0 Å². The Hall–Kier alpha value is -2.21. The molecule has 2 aromatic rings. The summed E-state index contributed by atoms with van der Waals surface area (Å²) in [6.07, 6.45) is -0.428. The van der Waals surface area contributed by atoms with Crippen LogP contribution in [0.5, 0.6) is 0 Å². The van der Waals surface area contributed by atoms with E-state index in [0.29, 0.717) is 11.2 Å². The maximum Gasteiger partial charge on any atom is 0.308 e. The number of hydrogen-bond acceptors (Lipinski definition) is 3. The van der Waals surface area contributed by atoms with Crippen LogP contribution in [0.25, 0.3) is 10.9 Å². The molecule has 6 heteroatoms. The van der Waals surface area contributed by atoms with E-state index in [-0.39, 0.29) is 24.1 Å². The molecule has 0 bridgehead atoms. The number of aromatic nitrogens is 1. The number of hydrogen-bond donors (Lipinski definition) is 2. The summed E-state index contributed by atoms with van der Waals surface area (Å²) in [5.74, 6) is -1.69. The average molecular weight is 279 g/mol. The summed E-state index contributed by atoms with van der Waals surface area (Å²) in [6.45, 7) is 1.67. The molecule has 0 radical (unpaired) electrons. The Bertz CT molecular complexity index is 736. The van der Waals surface area contributed by atoms with Gasteiger partial charge in [-0.3, -0.25) is 9.59 Å². The molecule has 5 nitrogen and oxygen atoms in total. The van der Waals surface area contributed by atoms with E-state index < -0.39 is 23.6 Å². The lowest BCUT2D eigenvalue weighted by molar-refractivity contribution is -0.136. The predicted octanol–water partition coefficient (Wildman–Crippen LogP) is 1.07. The lowest BCUT2D eigenvalue weighted by Crippen LogP contribution is -2.22. The van der Waals surface area contributed by atoms with Crippen molar-refractivity contribution >= 4 is 16.9 Å². The third-order valence-electron chi connectivity index (χ3n) is 3.26. The number of carboxylic acid groups (broad SMARTS) is 1. The van der Waals surface area contributed by atoms with Gasteiger partial charge in [0.2, 0.25) is 0 Å². The number of nitrogens with zero attached hydrogens (tertiary/aromatic N) is 1. The Balaban J connectivity index is 2.86. The molecule has 20 heavy (non-hydrogen) atoms. The van der Waals surface area contributed by atoms with Crippen molar-refractivity contribution < 1.29 is 19.4 Å². The largest absolute Gasteiger partial charge is 0.481 e. The molecule has 1 aromatic carbocycles. The monoisotopic (exact) mass is 279 g/mol. The highest BCUT2D eigenvalue weighted by atomic mass is 19.1. The normalized spacial score (nSPS) is 10.9. The molecular weight excluding hydrogens is 265 g/mol. The van der Waals surface area contributed by atoms with Crippen LogP contribution in [0, 0.1) is 12.7 Å². The molecule has 0 aliphatic carbocycles. The maximum atomic E-state index is 13.3. The van der Waals surface area contributed by atoms with Crippen LogP contribution >= 0.6 is 0 Å². The van der Waals surface area contributed by atoms with E-state index in [1.54, 1.807) is 11.5 Å². The Morgan fingerprint density at radius 2 is 2.10 bits per heavy atom. The quantitative estimate of drug-likeness (QED) is 0.877. The molecule has 0 atom stereocenters. The van der Waals surface area contributed by atoms with E-state index in [1.807, 2.05) is 0 Å². The van der Waals surface area contributed by atoms with E-state index in [9.17, 15) is 14.0 Å². The summed E-state index contributed by atoms with van der Waals surface area (Å²) in [5.41, 5.74) is 0.597. The molecule has 0 aliphatic heterocycles. The lowest BCUT2D eigenvalue weighted by Gasteiger charge is -2.16. The number of aliphatic carboxylic acids is 1. The molecule has 2 rings (SSSR count). The van der Waals surface area contributed by atoms with Crippen LogP contribution in [0.3, 0.4) is 0 Å². The van der Waals surface area contributed by atoms with Crippen LogP contribution in [0.1, 0.15) is 11.3 Å². The molecule has 0 unspecified atom stereocenters. The Morgan fingerprint density at radius 1 is 1.40 bits per heavy atom. The first-order valence-corrected chi connectivity index (χ1v) is 6.10. The fourth-order valence-electron chi connectivity index (χ4n) is 2.34. The van der Waals surface area contributed by atoms with E-state index in [2.05, 4.69) is 0 Å². The SMILES string of the molecule is Cc1c(CC(=O)O)c(=O)c2cc(F)ccc2n1CCO. The fraction of sp³-hybridized carbons (Fsp3) is 0.286. The van der Waals surface area contributed by atoms with Gasteiger partial charge in [-0.2, -0.15) is 0 Å². The van der Waals surface area contributed by atoms with Gasteiger partial charge in [0.05, 0.1) is 18.5 Å². The number of benzene rings is 1. The average Bonchev–Trinajstić information content (AvgIpc) is 2.39. The van der Waals surface area contributed by atoms with E-state index >= 15 is 0 Å². The lowest BCUT2D eigenvalue weighted by atomic mass is 10.0. The second-order valence-electron chi connectivity index (χ2n) is 4.50. The molecular formula is C14H14FNO4. The highest BCUT2D eigenvalue weighted by Crippen LogP contribution is 2.17. The van der Waals surface area contributed by atoms with Crippen molar-refractivity contribution in [2.45, 2.75) is 19.9 Å². The third-order valence-corrected chi connectivity index (χ3v) is 3.26. The molecule has 0 amide bonds. The number of aliphatic hydroxyl groups excluding tert-OH is 1. The standard InChI is InChI=1S/C14H14FNO4/c1-8-10(7-13(18)19)14(20)11-6-9(15)2-3-12(11)16(8)4-5-17/h2-3,6,17H,4-5,7H2,1H3,(H,18,19). The number of pyridine rings is 1. The highest BCUT2D eigenvalue weighted by Gasteiger charge is 2.16. The zero-order valence-electron chi connectivity index (χ0n) is 10.9. The van der Waals surface area contributed by atoms with Crippen LogP contribution in [-0.2, 0) is 17.8 Å². The number of fused-ring (bicyclic) bond motifs is 1. The van der Waals surface area contributed by atoms with E-state index in [4.69, 9.17) is 10.2 Å². The van der Waals surface area contributed by atoms with Gasteiger partial charge in [0.15, 0.2) is 5.43 Å². The van der Waals surface area contributed by atoms with Crippen molar-refractivity contribution in [1.82, 2.24) is 4.57 Å². The van der Waals surface area contributed by atoms with Gasteiger partial charge in [-0.1, -0.05) is 0 Å². The zero-order valence-corrected chi connectivity index (χ0v) is 10.9. The van der Waals surface area contributed by atoms with Crippen molar-refractivity contribution in [2.75, 3.05) is 6.61 Å². The first kappa shape index (κ1) is 14.2. The molecule has 2 N–H and O–H groups in total.